The van der Waals surface area contributed by atoms with Gasteiger partial charge >= 0.3 is 0 Å². The molecule has 0 unspecified atom stereocenters. The normalized spacial score (nSPS) is 21.4. The van der Waals surface area contributed by atoms with Crippen LogP contribution in [0.2, 0.25) is 0 Å². The number of carbonyl (C=O) groups is 2. The topological polar surface area (TPSA) is 71.6 Å². The number of rotatable bonds is 5. The van der Waals surface area contributed by atoms with Crippen LogP contribution in [0, 0.1) is 5.92 Å². The van der Waals surface area contributed by atoms with E-state index in [-0.39, 0.29) is 11.8 Å². The number of amides is 2. The smallest absolute Gasteiger partial charge is 0.261 e. The number of benzene rings is 1. The lowest BCUT2D eigenvalue weighted by atomic mass is 9.92. The minimum Gasteiger partial charge on any atom is -0.496 e. The van der Waals surface area contributed by atoms with Crippen molar-refractivity contribution in [3.8, 4) is 11.5 Å². The van der Waals surface area contributed by atoms with Gasteiger partial charge < -0.3 is 28.9 Å². The highest BCUT2D eigenvalue weighted by Crippen LogP contribution is 2.31. The van der Waals surface area contributed by atoms with Gasteiger partial charge in [-0.05, 0) is 50.9 Å². The van der Waals surface area contributed by atoms with Crippen LogP contribution in [-0.4, -0.2) is 99.3 Å². The maximum atomic E-state index is 13.2. The van der Waals surface area contributed by atoms with Crippen molar-refractivity contribution in [3.05, 3.63) is 23.8 Å². The van der Waals surface area contributed by atoms with Crippen LogP contribution in [-0.2, 0) is 9.53 Å². The molecule has 0 atom stereocenters. The highest BCUT2D eigenvalue weighted by atomic mass is 16.5. The number of piperidine rings is 2. The second-order valence-corrected chi connectivity index (χ2v) is 8.81. The van der Waals surface area contributed by atoms with Gasteiger partial charge in [0.25, 0.3) is 5.91 Å². The van der Waals surface area contributed by atoms with Gasteiger partial charge in [-0.25, -0.2) is 0 Å². The molecule has 0 aliphatic carbocycles. The number of carbonyl (C=O) groups excluding carboxylic acids is 2. The first-order chi connectivity index (χ1) is 15.6. The van der Waals surface area contributed by atoms with Gasteiger partial charge in [-0.2, -0.15) is 0 Å². The molecular formula is C24H35N3O5. The molecule has 0 saturated carbocycles. The zero-order valence-corrected chi connectivity index (χ0v) is 19.3. The van der Waals surface area contributed by atoms with Gasteiger partial charge in [0, 0.05) is 38.1 Å². The molecule has 0 spiro atoms. The number of likely N-dealkylation sites (tertiary alicyclic amines) is 2. The van der Waals surface area contributed by atoms with Gasteiger partial charge in [-0.15, -0.1) is 0 Å². The van der Waals surface area contributed by atoms with Crippen LogP contribution >= 0.6 is 0 Å². The maximum absolute atomic E-state index is 13.2. The van der Waals surface area contributed by atoms with Crippen LogP contribution in [0.4, 0.5) is 0 Å². The molecule has 3 heterocycles. The van der Waals surface area contributed by atoms with E-state index >= 15 is 0 Å². The van der Waals surface area contributed by atoms with Crippen molar-refractivity contribution in [1.82, 2.24) is 14.7 Å². The molecule has 8 nitrogen and oxygen atoms in total. The largest absolute Gasteiger partial charge is 0.496 e. The lowest BCUT2D eigenvalue weighted by Gasteiger charge is -2.42. The summed E-state index contributed by atoms with van der Waals surface area (Å²) >= 11 is 0. The molecule has 0 aromatic heterocycles. The summed E-state index contributed by atoms with van der Waals surface area (Å²) in [7, 11) is 3.15. The minimum atomic E-state index is -0.0347. The molecule has 0 radical (unpaired) electrons. The summed E-state index contributed by atoms with van der Waals surface area (Å²) in [5, 5.41) is 0. The summed E-state index contributed by atoms with van der Waals surface area (Å²) in [6, 6.07) is 5.89. The van der Waals surface area contributed by atoms with Crippen molar-refractivity contribution in [2.24, 2.45) is 5.92 Å². The highest BCUT2D eigenvalue weighted by Gasteiger charge is 2.34. The second kappa shape index (κ2) is 10.5. The third kappa shape index (κ3) is 4.86. The third-order valence-corrected chi connectivity index (χ3v) is 7.11. The molecule has 176 valence electrons. The molecule has 0 bridgehead atoms. The Morgan fingerprint density at radius 1 is 0.844 bits per heavy atom. The Bertz CT molecular complexity index is 773. The summed E-state index contributed by atoms with van der Waals surface area (Å²) in [6.07, 6.45) is 3.75. The van der Waals surface area contributed by atoms with Gasteiger partial charge in [-0.1, -0.05) is 6.07 Å². The van der Waals surface area contributed by atoms with Crippen LogP contribution in [0.1, 0.15) is 36.0 Å². The molecule has 2 amide bonds. The van der Waals surface area contributed by atoms with E-state index in [9.17, 15) is 9.59 Å². The molecule has 8 heteroatoms. The number of hydrogen-bond donors (Lipinski definition) is 0. The van der Waals surface area contributed by atoms with Gasteiger partial charge in [0.2, 0.25) is 5.91 Å². The van der Waals surface area contributed by atoms with Crippen LogP contribution in [0.5, 0.6) is 11.5 Å². The van der Waals surface area contributed by atoms with E-state index in [1.807, 2.05) is 15.9 Å². The average molecular weight is 446 g/mol. The zero-order valence-electron chi connectivity index (χ0n) is 19.3. The Morgan fingerprint density at radius 3 is 2.00 bits per heavy atom. The number of ether oxygens (including phenoxy) is 3. The molecule has 3 aliphatic heterocycles. The Kier molecular flexibility index (Phi) is 7.52. The zero-order chi connectivity index (χ0) is 22.5. The van der Waals surface area contributed by atoms with Crippen molar-refractivity contribution >= 4 is 11.8 Å². The molecule has 32 heavy (non-hydrogen) atoms. The van der Waals surface area contributed by atoms with E-state index in [4.69, 9.17) is 14.2 Å². The van der Waals surface area contributed by atoms with Crippen LogP contribution < -0.4 is 9.47 Å². The molecule has 1 aromatic carbocycles. The Morgan fingerprint density at radius 2 is 1.44 bits per heavy atom. The van der Waals surface area contributed by atoms with E-state index < -0.39 is 0 Å². The second-order valence-electron chi connectivity index (χ2n) is 8.81. The van der Waals surface area contributed by atoms with Crippen molar-refractivity contribution in [2.75, 3.05) is 66.7 Å². The maximum Gasteiger partial charge on any atom is 0.261 e. The van der Waals surface area contributed by atoms with Crippen LogP contribution in [0.25, 0.3) is 0 Å². The lowest BCUT2D eigenvalue weighted by molar-refractivity contribution is -0.141. The summed E-state index contributed by atoms with van der Waals surface area (Å²) in [6.45, 7) is 6.12. The van der Waals surface area contributed by atoms with E-state index in [1.165, 1.54) is 0 Å². The molecule has 0 N–H and O–H groups in total. The number of nitrogens with zero attached hydrogens (tertiary/aromatic N) is 3. The molecule has 4 rings (SSSR count). The monoisotopic (exact) mass is 445 g/mol. The predicted octanol–water partition coefficient (Wildman–Crippen LogP) is 1.88. The van der Waals surface area contributed by atoms with Crippen molar-refractivity contribution < 1.29 is 23.8 Å². The summed E-state index contributed by atoms with van der Waals surface area (Å²) in [5.41, 5.74) is 0.499. The molecule has 3 fully saturated rings. The fourth-order valence-electron chi connectivity index (χ4n) is 5.21. The summed E-state index contributed by atoms with van der Waals surface area (Å²) in [5.74, 6) is 1.50. The molecule has 3 aliphatic rings. The molecule has 3 saturated heterocycles. The Hall–Kier alpha value is -2.32. The van der Waals surface area contributed by atoms with Crippen molar-refractivity contribution in [3.63, 3.8) is 0 Å². The van der Waals surface area contributed by atoms with E-state index in [0.717, 1.165) is 65.0 Å². The molecular weight excluding hydrogens is 410 g/mol. The first-order valence-corrected chi connectivity index (χ1v) is 11.7. The standard InChI is InChI=1S/C24H35N3O5/c1-30-20-4-3-5-21(31-2)22(20)24(29)26-12-8-19(9-13-26)25-10-6-18(7-11-25)23(28)27-14-16-32-17-15-27/h3-5,18-19H,6-17H2,1-2H3. The minimum absolute atomic E-state index is 0.0347. The lowest BCUT2D eigenvalue weighted by Crippen LogP contribution is -2.51. The Labute approximate surface area is 190 Å². The SMILES string of the molecule is COc1cccc(OC)c1C(=O)N1CCC(N2CCC(C(=O)N3CCOCC3)CC2)CC1. The number of morpholine rings is 1. The van der Waals surface area contributed by atoms with E-state index in [1.54, 1.807) is 26.4 Å². The Balaban J connectivity index is 1.28. The highest BCUT2D eigenvalue weighted by molar-refractivity contribution is 5.99. The molecule has 1 aromatic rings. The quantitative estimate of drug-likeness (QED) is 0.689. The fraction of sp³-hybridized carbons (Fsp3) is 0.667. The van der Waals surface area contributed by atoms with E-state index in [2.05, 4.69) is 4.90 Å². The first-order valence-electron chi connectivity index (χ1n) is 11.7. The van der Waals surface area contributed by atoms with E-state index in [0.29, 0.717) is 42.2 Å². The van der Waals surface area contributed by atoms with Gasteiger partial charge in [0.1, 0.15) is 17.1 Å². The summed E-state index contributed by atoms with van der Waals surface area (Å²) in [4.78, 5) is 32.4. The van der Waals surface area contributed by atoms with Gasteiger partial charge in [-0.3, -0.25) is 9.59 Å². The first kappa shape index (κ1) is 22.9. The van der Waals surface area contributed by atoms with Gasteiger partial charge in [0.15, 0.2) is 0 Å². The predicted molar refractivity (Wildman–Crippen MR) is 120 cm³/mol. The van der Waals surface area contributed by atoms with Crippen LogP contribution in [0.15, 0.2) is 18.2 Å². The third-order valence-electron chi connectivity index (χ3n) is 7.11. The fourth-order valence-corrected chi connectivity index (χ4v) is 5.21. The van der Waals surface area contributed by atoms with Gasteiger partial charge in [0.05, 0.1) is 27.4 Å². The van der Waals surface area contributed by atoms with Crippen LogP contribution in [0.3, 0.4) is 0 Å². The number of methoxy groups -OCH3 is 2. The average Bonchev–Trinajstić information content (AvgIpc) is 2.88. The number of hydrogen-bond acceptors (Lipinski definition) is 6. The summed E-state index contributed by atoms with van der Waals surface area (Å²) < 4.78 is 16.2. The van der Waals surface area contributed by atoms with Crippen molar-refractivity contribution in [2.45, 2.75) is 31.7 Å². The van der Waals surface area contributed by atoms with Crippen molar-refractivity contribution in [1.29, 1.82) is 0 Å².